The van der Waals surface area contributed by atoms with Crippen LogP contribution in [0.3, 0.4) is 0 Å². The second-order valence-electron chi connectivity index (χ2n) is 5.46. The number of nitrogens with one attached hydrogen (secondary N) is 1. The first kappa shape index (κ1) is 14.3. The number of hydrogen-bond acceptors (Lipinski definition) is 2. The van der Waals surface area contributed by atoms with Crippen LogP contribution in [0.1, 0.15) is 32.6 Å². The van der Waals surface area contributed by atoms with Crippen molar-refractivity contribution in [2.24, 2.45) is 5.92 Å². The number of benzene rings is 1. The Morgan fingerprint density at radius 2 is 2.11 bits per heavy atom. The van der Waals surface area contributed by atoms with Gasteiger partial charge in [-0.05, 0) is 50.9 Å². The predicted octanol–water partition coefficient (Wildman–Crippen LogP) is 3.43. The molecule has 3 heteroatoms. The third-order valence-corrected chi connectivity index (χ3v) is 4.29. The molecule has 19 heavy (non-hydrogen) atoms. The van der Waals surface area contributed by atoms with Crippen LogP contribution in [-0.2, 0) is 0 Å². The number of hydrogen-bond donors (Lipinski definition) is 1. The Bertz CT molecular complexity index is 394. The maximum Gasteiger partial charge on any atom is 0.125 e. The van der Waals surface area contributed by atoms with E-state index >= 15 is 0 Å². The second kappa shape index (κ2) is 6.90. The van der Waals surface area contributed by atoms with E-state index in [0.29, 0.717) is 12.0 Å². The average Bonchev–Trinajstić information content (AvgIpc) is 2.45. The van der Waals surface area contributed by atoms with Crippen LogP contribution in [0.5, 0.6) is 0 Å². The number of rotatable bonds is 5. The summed E-state index contributed by atoms with van der Waals surface area (Å²) in [5.41, 5.74) is 1.00. The highest BCUT2D eigenvalue weighted by atomic mass is 19.1. The summed E-state index contributed by atoms with van der Waals surface area (Å²) in [6, 6.07) is 7.55. The van der Waals surface area contributed by atoms with Crippen molar-refractivity contribution in [2.75, 3.05) is 25.0 Å². The molecule has 1 aliphatic rings. The summed E-state index contributed by atoms with van der Waals surface area (Å²) in [7, 11) is 2.06. The Morgan fingerprint density at radius 3 is 2.79 bits per heavy atom. The molecule has 0 amide bonds. The molecule has 0 heterocycles. The summed E-state index contributed by atoms with van der Waals surface area (Å²) >= 11 is 0. The Labute approximate surface area is 116 Å². The van der Waals surface area contributed by atoms with Crippen molar-refractivity contribution < 1.29 is 4.39 Å². The van der Waals surface area contributed by atoms with E-state index in [1.165, 1.54) is 31.7 Å². The van der Waals surface area contributed by atoms with Gasteiger partial charge >= 0.3 is 0 Å². The molecule has 0 radical (unpaired) electrons. The lowest BCUT2D eigenvalue weighted by atomic mass is 9.84. The van der Waals surface area contributed by atoms with Crippen LogP contribution in [0.4, 0.5) is 10.1 Å². The minimum absolute atomic E-state index is 0.148. The van der Waals surface area contributed by atoms with Crippen LogP contribution < -0.4 is 10.2 Å². The van der Waals surface area contributed by atoms with Crippen molar-refractivity contribution in [3.63, 3.8) is 0 Å². The van der Waals surface area contributed by atoms with Gasteiger partial charge in [-0.15, -0.1) is 0 Å². The Balaban J connectivity index is 2.05. The summed E-state index contributed by atoms with van der Waals surface area (Å²) in [5.74, 6) is 0.520. The van der Waals surface area contributed by atoms with Gasteiger partial charge < -0.3 is 10.2 Å². The Kier molecular flexibility index (Phi) is 5.20. The highest BCUT2D eigenvalue weighted by Gasteiger charge is 2.25. The van der Waals surface area contributed by atoms with E-state index in [1.54, 1.807) is 12.1 Å². The van der Waals surface area contributed by atoms with Crippen molar-refractivity contribution in [1.82, 2.24) is 5.32 Å². The fourth-order valence-electron chi connectivity index (χ4n) is 3.18. The standard InChI is InChI=1S/C16H25FN2/c1-3-19(15-9-6-8-14(17)11-15)12-13-7-4-5-10-16(13)18-2/h6,8-9,11,13,16,18H,3-5,7,10,12H2,1-2H3. The van der Waals surface area contributed by atoms with E-state index in [9.17, 15) is 4.39 Å². The van der Waals surface area contributed by atoms with Gasteiger partial charge in [-0.25, -0.2) is 4.39 Å². The molecule has 1 aromatic carbocycles. The van der Waals surface area contributed by atoms with Crippen molar-refractivity contribution in [1.29, 1.82) is 0 Å². The zero-order chi connectivity index (χ0) is 13.7. The average molecular weight is 264 g/mol. The van der Waals surface area contributed by atoms with Gasteiger partial charge in [0.25, 0.3) is 0 Å². The van der Waals surface area contributed by atoms with Crippen LogP contribution in [0.2, 0.25) is 0 Å². The summed E-state index contributed by atoms with van der Waals surface area (Å²) in [6.07, 6.45) is 5.19. The molecule has 0 saturated heterocycles. The third-order valence-electron chi connectivity index (χ3n) is 4.29. The molecule has 0 aromatic heterocycles. The smallest absolute Gasteiger partial charge is 0.125 e. The van der Waals surface area contributed by atoms with Gasteiger partial charge in [0, 0.05) is 24.8 Å². The highest BCUT2D eigenvalue weighted by molar-refractivity contribution is 5.46. The number of halogens is 1. The van der Waals surface area contributed by atoms with Crippen molar-refractivity contribution >= 4 is 5.69 Å². The molecule has 2 rings (SSSR count). The van der Waals surface area contributed by atoms with Gasteiger partial charge in [-0.3, -0.25) is 0 Å². The van der Waals surface area contributed by atoms with E-state index in [0.717, 1.165) is 18.8 Å². The van der Waals surface area contributed by atoms with Gasteiger partial charge in [0.15, 0.2) is 0 Å². The maximum atomic E-state index is 13.3. The summed E-state index contributed by atoms with van der Waals surface area (Å²) < 4.78 is 13.3. The van der Waals surface area contributed by atoms with E-state index in [-0.39, 0.29) is 5.82 Å². The van der Waals surface area contributed by atoms with Gasteiger partial charge in [-0.2, -0.15) is 0 Å². The highest BCUT2D eigenvalue weighted by Crippen LogP contribution is 2.27. The summed E-state index contributed by atoms with van der Waals surface area (Å²) in [5, 5.41) is 3.45. The van der Waals surface area contributed by atoms with E-state index in [1.807, 2.05) is 6.07 Å². The van der Waals surface area contributed by atoms with Crippen LogP contribution in [0, 0.1) is 11.7 Å². The molecule has 2 atom stereocenters. The van der Waals surface area contributed by atoms with Crippen LogP contribution in [0.25, 0.3) is 0 Å². The molecule has 0 spiro atoms. The minimum Gasteiger partial charge on any atom is -0.371 e. The molecule has 2 nitrogen and oxygen atoms in total. The normalized spacial score (nSPS) is 23.3. The number of nitrogens with zero attached hydrogens (tertiary/aromatic N) is 1. The summed E-state index contributed by atoms with van der Waals surface area (Å²) in [6.45, 7) is 4.09. The Hall–Kier alpha value is -1.09. The van der Waals surface area contributed by atoms with E-state index in [2.05, 4.69) is 24.2 Å². The molecule has 1 fully saturated rings. The quantitative estimate of drug-likeness (QED) is 0.876. The molecular formula is C16H25FN2. The summed E-state index contributed by atoms with van der Waals surface area (Å²) in [4.78, 5) is 2.30. The molecule has 2 unspecified atom stereocenters. The molecule has 1 aliphatic carbocycles. The maximum absolute atomic E-state index is 13.3. The fourth-order valence-corrected chi connectivity index (χ4v) is 3.18. The first-order valence-corrected chi connectivity index (χ1v) is 7.42. The van der Waals surface area contributed by atoms with Crippen LogP contribution in [-0.4, -0.2) is 26.2 Å². The Morgan fingerprint density at radius 1 is 1.32 bits per heavy atom. The molecule has 1 N–H and O–H groups in total. The van der Waals surface area contributed by atoms with Crippen molar-refractivity contribution in [3.05, 3.63) is 30.1 Å². The number of anilines is 1. The van der Waals surface area contributed by atoms with E-state index < -0.39 is 0 Å². The zero-order valence-corrected chi connectivity index (χ0v) is 12.0. The lowest BCUT2D eigenvalue weighted by Gasteiger charge is -2.36. The largest absolute Gasteiger partial charge is 0.371 e. The topological polar surface area (TPSA) is 15.3 Å². The lowest BCUT2D eigenvalue weighted by Crippen LogP contribution is -2.43. The van der Waals surface area contributed by atoms with Crippen LogP contribution >= 0.6 is 0 Å². The van der Waals surface area contributed by atoms with Crippen molar-refractivity contribution in [2.45, 2.75) is 38.6 Å². The van der Waals surface area contributed by atoms with Crippen molar-refractivity contribution in [3.8, 4) is 0 Å². The molecular weight excluding hydrogens is 239 g/mol. The zero-order valence-electron chi connectivity index (χ0n) is 12.0. The molecule has 1 saturated carbocycles. The van der Waals surface area contributed by atoms with Crippen LogP contribution in [0.15, 0.2) is 24.3 Å². The molecule has 106 valence electrons. The SMILES string of the molecule is CCN(CC1CCCCC1NC)c1cccc(F)c1. The van der Waals surface area contributed by atoms with Gasteiger partial charge in [0.1, 0.15) is 5.82 Å². The first-order valence-electron chi connectivity index (χ1n) is 7.42. The fraction of sp³-hybridized carbons (Fsp3) is 0.625. The molecule has 0 bridgehead atoms. The van der Waals surface area contributed by atoms with Gasteiger partial charge in [-0.1, -0.05) is 18.9 Å². The third kappa shape index (κ3) is 3.69. The predicted molar refractivity (Wildman–Crippen MR) is 79.1 cm³/mol. The minimum atomic E-state index is -0.148. The lowest BCUT2D eigenvalue weighted by molar-refractivity contribution is 0.276. The first-order chi connectivity index (χ1) is 9.24. The molecule has 1 aromatic rings. The monoisotopic (exact) mass is 264 g/mol. The van der Waals surface area contributed by atoms with E-state index in [4.69, 9.17) is 0 Å². The van der Waals surface area contributed by atoms with Gasteiger partial charge in [0.05, 0.1) is 0 Å². The molecule has 0 aliphatic heterocycles. The second-order valence-corrected chi connectivity index (χ2v) is 5.46. The van der Waals surface area contributed by atoms with Gasteiger partial charge in [0.2, 0.25) is 0 Å².